The monoisotopic (exact) mass is 542 g/mol. The van der Waals surface area contributed by atoms with Crippen molar-refractivity contribution in [2.45, 2.75) is 111 Å². The zero-order valence-electron chi connectivity index (χ0n) is 21.6. The Morgan fingerprint density at radius 3 is 2.09 bits per heavy atom. The molecule has 1 atom stereocenters. The largest absolute Gasteiger partial charge is 0.465 e. The van der Waals surface area contributed by atoms with Gasteiger partial charge in [0, 0.05) is 29.1 Å². The van der Waals surface area contributed by atoms with E-state index in [9.17, 15) is 9.90 Å². The summed E-state index contributed by atoms with van der Waals surface area (Å²) in [5.74, 6) is 3.90. The van der Waals surface area contributed by atoms with E-state index in [4.69, 9.17) is 9.47 Å². The van der Waals surface area contributed by atoms with Crippen LogP contribution in [0.5, 0.6) is 0 Å². The molecule has 1 saturated carbocycles. The molecule has 2 rings (SSSR count). The molecule has 1 aliphatic carbocycles. The van der Waals surface area contributed by atoms with E-state index in [1.807, 2.05) is 43.2 Å². The van der Waals surface area contributed by atoms with Crippen molar-refractivity contribution in [2.75, 3.05) is 36.7 Å². The van der Waals surface area contributed by atoms with Crippen LogP contribution in [-0.2, 0) is 14.3 Å². The van der Waals surface area contributed by atoms with Crippen LogP contribution < -0.4 is 0 Å². The van der Waals surface area contributed by atoms with E-state index in [2.05, 4.69) is 27.0 Å². The first kappa shape index (κ1) is 33.8. The average Bonchev–Trinajstić information content (AvgIpc) is 3.31. The molecule has 1 unspecified atom stereocenters. The van der Waals surface area contributed by atoms with Crippen molar-refractivity contribution in [2.24, 2.45) is 5.41 Å². The molecule has 1 aliphatic heterocycles. The highest BCUT2D eigenvalue weighted by atomic mass is 33.1. The predicted octanol–water partition coefficient (Wildman–Crippen LogP) is 8.37. The zero-order valence-corrected chi connectivity index (χ0v) is 24.9. The van der Waals surface area contributed by atoms with Gasteiger partial charge in [-0.3, -0.25) is 4.79 Å². The van der Waals surface area contributed by atoms with E-state index in [0.717, 1.165) is 44.9 Å². The Balaban J connectivity index is 0.000000839. The van der Waals surface area contributed by atoms with Crippen LogP contribution in [-0.4, -0.2) is 54.1 Å². The van der Waals surface area contributed by atoms with Crippen molar-refractivity contribution >= 4 is 49.1 Å². The summed E-state index contributed by atoms with van der Waals surface area (Å²) in [5.41, 5.74) is -0.0242. The quantitative estimate of drug-likeness (QED) is 0.0851. The smallest absolute Gasteiger partial charge is 0.305 e. The summed E-state index contributed by atoms with van der Waals surface area (Å²) < 4.78 is 10.9. The fourth-order valence-electron chi connectivity index (χ4n) is 3.02. The number of unbranched alkanes of at least 4 members (excludes halogenated alkanes) is 6. The Hall–Kier alpha value is 0.790. The molecule has 2 aliphatic rings. The van der Waals surface area contributed by atoms with Gasteiger partial charge in [-0.25, -0.2) is 0 Å². The van der Waals surface area contributed by atoms with Crippen molar-refractivity contribution in [3.8, 4) is 0 Å². The second kappa shape index (κ2) is 24.5. The molecule has 33 heavy (non-hydrogen) atoms. The number of aliphatic hydroxyl groups is 1. The van der Waals surface area contributed by atoms with Crippen LogP contribution in [0.15, 0.2) is 0 Å². The van der Waals surface area contributed by atoms with Gasteiger partial charge in [-0.1, -0.05) is 102 Å². The first-order valence-electron chi connectivity index (χ1n) is 12.9. The number of hydrogen-bond acceptors (Lipinski definition) is 8. The van der Waals surface area contributed by atoms with Crippen molar-refractivity contribution in [3.63, 3.8) is 0 Å². The van der Waals surface area contributed by atoms with Crippen molar-refractivity contribution in [1.82, 2.24) is 0 Å². The highest BCUT2D eigenvalue weighted by molar-refractivity contribution is 8.77. The minimum absolute atomic E-state index is 0.0242. The Labute approximate surface area is 220 Å². The lowest BCUT2D eigenvalue weighted by Crippen LogP contribution is -2.24. The van der Waals surface area contributed by atoms with Gasteiger partial charge in [-0.15, -0.1) is 0 Å². The van der Waals surface area contributed by atoms with Crippen LogP contribution >= 0.6 is 43.2 Å². The number of carbonyl (C=O) groups is 1. The number of aliphatic hydroxyl groups excluding tert-OH is 1. The van der Waals surface area contributed by atoms with Gasteiger partial charge in [-0.05, 0) is 44.8 Å². The molecule has 2 fully saturated rings. The summed E-state index contributed by atoms with van der Waals surface area (Å²) in [6, 6.07) is 0. The van der Waals surface area contributed by atoms with Gasteiger partial charge < -0.3 is 14.6 Å². The lowest BCUT2D eigenvalue weighted by Gasteiger charge is -2.18. The van der Waals surface area contributed by atoms with Crippen molar-refractivity contribution in [1.29, 1.82) is 0 Å². The standard InChI is InChI=1S/C19H36O4.C3H6S2.C3H8S2/c1-3-5-7-8-10-12-18(21)23-16-19(13-14-19)15-22-17(20)11-9-6-4-2;1-2-4-5-3-1;1-3-5-4-2/h17,20H,3-16H2,1-2H3;1-3H2;3H2,1-2H3. The van der Waals surface area contributed by atoms with Crippen LogP contribution in [0.1, 0.15) is 104 Å². The van der Waals surface area contributed by atoms with E-state index in [1.54, 1.807) is 0 Å². The van der Waals surface area contributed by atoms with Crippen molar-refractivity contribution in [3.05, 3.63) is 0 Å². The molecule has 0 amide bonds. The first-order valence-corrected chi connectivity index (χ1v) is 18.1. The maximum Gasteiger partial charge on any atom is 0.305 e. The van der Waals surface area contributed by atoms with E-state index in [-0.39, 0.29) is 11.4 Å². The van der Waals surface area contributed by atoms with Crippen LogP contribution in [0.4, 0.5) is 0 Å². The van der Waals surface area contributed by atoms with Crippen molar-refractivity contribution < 1.29 is 19.4 Å². The fraction of sp³-hybridized carbons (Fsp3) is 0.960. The normalized spacial score (nSPS) is 16.8. The van der Waals surface area contributed by atoms with Crippen LogP contribution in [0.2, 0.25) is 0 Å². The maximum atomic E-state index is 11.8. The van der Waals surface area contributed by atoms with Crippen LogP contribution in [0.3, 0.4) is 0 Å². The van der Waals surface area contributed by atoms with Gasteiger partial charge in [0.1, 0.15) is 0 Å². The molecule has 198 valence electrons. The van der Waals surface area contributed by atoms with E-state index >= 15 is 0 Å². The summed E-state index contributed by atoms with van der Waals surface area (Å²) in [6.07, 6.45) is 15.1. The molecule has 1 heterocycles. The highest BCUT2D eigenvalue weighted by Crippen LogP contribution is 2.46. The van der Waals surface area contributed by atoms with E-state index in [1.165, 1.54) is 42.9 Å². The topological polar surface area (TPSA) is 55.8 Å². The summed E-state index contributed by atoms with van der Waals surface area (Å²) in [6.45, 7) is 7.43. The average molecular weight is 543 g/mol. The maximum absolute atomic E-state index is 11.8. The van der Waals surface area contributed by atoms with Gasteiger partial charge in [0.15, 0.2) is 6.29 Å². The summed E-state index contributed by atoms with van der Waals surface area (Å²) >= 11 is 0. The highest BCUT2D eigenvalue weighted by Gasteiger charge is 2.44. The number of hydrogen-bond donors (Lipinski definition) is 1. The lowest BCUT2D eigenvalue weighted by molar-refractivity contribution is -0.150. The molecular formula is C25H50O4S4. The zero-order chi connectivity index (χ0) is 24.6. The Bertz CT molecular complexity index is 423. The Morgan fingerprint density at radius 1 is 0.970 bits per heavy atom. The number of esters is 1. The van der Waals surface area contributed by atoms with Crippen LogP contribution in [0.25, 0.3) is 0 Å². The van der Waals surface area contributed by atoms with Gasteiger partial charge in [0.05, 0.1) is 13.2 Å². The molecular weight excluding hydrogens is 493 g/mol. The molecule has 0 spiro atoms. The number of ether oxygens (including phenoxy) is 2. The Morgan fingerprint density at radius 2 is 1.61 bits per heavy atom. The molecule has 0 aromatic rings. The molecule has 0 bridgehead atoms. The molecule has 1 N–H and O–H groups in total. The fourth-order valence-corrected chi connectivity index (χ4v) is 6.32. The molecule has 0 aromatic carbocycles. The minimum atomic E-state index is -0.673. The van der Waals surface area contributed by atoms with Gasteiger partial charge in [-0.2, -0.15) is 0 Å². The van der Waals surface area contributed by atoms with Crippen LogP contribution in [0, 0.1) is 5.41 Å². The van der Waals surface area contributed by atoms with E-state index in [0.29, 0.717) is 26.1 Å². The predicted molar refractivity (Wildman–Crippen MR) is 153 cm³/mol. The molecule has 4 nitrogen and oxygen atoms in total. The Kier molecular flexibility index (Phi) is 25.1. The van der Waals surface area contributed by atoms with E-state index < -0.39 is 6.29 Å². The third kappa shape index (κ3) is 23.0. The summed E-state index contributed by atoms with van der Waals surface area (Å²) in [5, 5.41) is 9.80. The second-order valence-corrected chi connectivity index (χ2v) is 14.2. The molecule has 1 saturated heterocycles. The molecule has 8 heteroatoms. The lowest BCUT2D eigenvalue weighted by atomic mass is 10.1. The second-order valence-electron chi connectivity index (χ2n) is 8.66. The minimum Gasteiger partial charge on any atom is -0.465 e. The van der Waals surface area contributed by atoms with Gasteiger partial charge in [0.2, 0.25) is 0 Å². The number of carbonyl (C=O) groups excluding carboxylic acids is 1. The van der Waals surface area contributed by atoms with Gasteiger partial charge >= 0.3 is 5.97 Å². The third-order valence-electron chi connectivity index (χ3n) is 5.39. The third-order valence-corrected chi connectivity index (χ3v) is 9.85. The SMILES string of the molecule is C1CSSC1.CCCCCCCC(=O)OCC1(COC(O)CCCCC)CC1.CCSSC. The number of rotatable bonds is 17. The first-order chi connectivity index (χ1) is 16.0. The summed E-state index contributed by atoms with van der Waals surface area (Å²) in [4.78, 5) is 11.8. The molecule has 0 aromatic heterocycles. The van der Waals surface area contributed by atoms with Gasteiger partial charge in [0.25, 0.3) is 0 Å². The molecule has 0 radical (unpaired) electrons. The summed E-state index contributed by atoms with van der Waals surface area (Å²) in [7, 11) is 7.68.